The number of nitrogens with one attached hydrogen (secondary N) is 1. The van der Waals surface area contributed by atoms with Crippen LogP contribution in [0.5, 0.6) is 0 Å². The van der Waals surface area contributed by atoms with Gasteiger partial charge in [0, 0.05) is 23.9 Å². The van der Waals surface area contributed by atoms with Crippen LogP contribution in [-0.2, 0) is 6.54 Å². The largest absolute Gasteiger partial charge is 0.310 e. The number of halogens is 1. The lowest BCUT2D eigenvalue weighted by molar-refractivity contribution is -0.387. The Morgan fingerprint density at radius 2 is 2.30 bits per heavy atom. The number of nitro groups is 1. The van der Waals surface area contributed by atoms with Crippen molar-refractivity contribution in [3.05, 3.63) is 39.7 Å². The lowest BCUT2D eigenvalue weighted by atomic mass is 10.1. The molecule has 20 heavy (non-hydrogen) atoms. The van der Waals surface area contributed by atoms with Crippen LogP contribution in [-0.4, -0.2) is 22.0 Å². The maximum Gasteiger partial charge on any atom is 0.304 e. The molecule has 0 bridgehead atoms. The van der Waals surface area contributed by atoms with E-state index >= 15 is 0 Å². The van der Waals surface area contributed by atoms with Crippen molar-refractivity contribution < 1.29 is 9.31 Å². The van der Waals surface area contributed by atoms with Gasteiger partial charge in [-0.1, -0.05) is 13.0 Å². The smallest absolute Gasteiger partial charge is 0.304 e. The Morgan fingerprint density at radius 3 is 2.95 bits per heavy atom. The second-order valence-electron chi connectivity index (χ2n) is 5.01. The lowest BCUT2D eigenvalue weighted by Crippen LogP contribution is -2.26. The van der Waals surface area contributed by atoms with Gasteiger partial charge in [-0.05, 0) is 36.6 Å². The summed E-state index contributed by atoms with van der Waals surface area (Å²) in [6, 6.07) is 4.56. The van der Waals surface area contributed by atoms with E-state index < -0.39 is 16.4 Å². The number of hydrogen-bond donors (Lipinski definition) is 1. The third-order valence-electron chi connectivity index (χ3n) is 3.59. The summed E-state index contributed by atoms with van der Waals surface area (Å²) in [5, 5.41) is 14.7. The van der Waals surface area contributed by atoms with Crippen molar-refractivity contribution in [2.24, 2.45) is 0 Å². The SMILES string of the molecule is CCSC1CCC(NCc2ccc([N+](=O)[O-])c(F)c2)C1. The number of nitrogens with zero attached hydrogens (tertiary/aromatic N) is 1. The highest BCUT2D eigenvalue weighted by atomic mass is 32.2. The number of benzene rings is 1. The number of rotatable bonds is 6. The van der Waals surface area contributed by atoms with Gasteiger partial charge >= 0.3 is 5.69 Å². The van der Waals surface area contributed by atoms with E-state index in [-0.39, 0.29) is 0 Å². The average Bonchev–Trinajstić information content (AvgIpc) is 2.84. The minimum atomic E-state index is -0.764. The Labute approximate surface area is 122 Å². The van der Waals surface area contributed by atoms with Crippen molar-refractivity contribution in [1.29, 1.82) is 0 Å². The first-order chi connectivity index (χ1) is 9.60. The normalized spacial score (nSPS) is 22.1. The Hall–Kier alpha value is -1.14. The Morgan fingerprint density at radius 1 is 1.50 bits per heavy atom. The molecule has 1 aromatic rings. The lowest BCUT2D eigenvalue weighted by Gasteiger charge is -2.13. The second-order valence-corrected chi connectivity index (χ2v) is 6.59. The van der Waals surface area contributed by atoms with Crippen LogP contribution >= 0.6 is 11.8 Å². The van der Waals surface area contributed by atoms with Gasteiger partial charge in [-0.15, -0.1) is 0 Å². The zero-order valence-electron chi connectivity index (χ0n) is 11.5. The predicted molar refractivity (Wildman–Crippen MR) is 79.5 cm³/mol. The third-order valence-corrected chi connectivity index (χ3v) is 4.82. The highest BCUT2D eigenvalue weighted by molar-refractivity contribution is 7.99. The summed E-state index contributed by atoms with van der Waals surface area (Å²) in [5.41, 5.74) is 0.286. The highest BCUT2D eigenvalue weighted by Gasteiger charge is 2.24. The van der Waals surface area contributed by atoms with Crippen LogP contribution in [0.4, 0.5) is 10.1 Å². The molecule has 0 aromatic heterocycles. The molecule has 0 heterocycles. The molecule has 1 fully saturated rings. The maximum absolute atomic E-state index is 13.5. The second kappa shape index (κ2) is 7.04. The minimum Gasteiger partial charge on any atom is -0.310 e. The minimum absolute atomic E-state index is 0.464. The molecular weight excluding hydrogens is 279 g/mol. The molecule has 2 atom stereocenters. The van der Waals surface area contributed by atoms with Crippen LogP contribution in [0.3, 0.4) is 0 Å². The summed E-state index contributed by atoms with van der Waals surface area (Å²) in [4.78, 5) is 9.85. The summed E-state index contributed by atoms with van der Waals surface area (Å²) in [5.74, 6) is 0.380. The van der Waals surface area contributed by atoms with E-state index in [2.05, 4.69) is 12.2 Å². The Kier molecular flexibility index (Phi) is 5.37. The summed E-state index contributed by atoms with van der Waals surface area (Å²) in [6.07, 6.45) is 3.52. The van der Waals surface area contributed by atoms with E-state index in [4.69, 9.17) is 0 Å². The Bertz CT molecular complexity index is 484. The van der Waals surface area contributed by atoms with Gasteiger partial charge in [0.15, 0.2) is 0 Å². The molecule has 1 aliphatic rings. The first kappa shape index (κ1) is 15.3. The monoisotopic (exact) mass is 298 g/mol. The molecule has 0 radical (unpaired) electrons. The van der Waals surface area contributed by atoms with Crippen molar-refractivity contribution in [2.45, 2.75) is 44.0 Å². The van der Waals surface area contributed by atoms with Crippen LogP contribution in [0.15, 0.2) is 18.2 Å². The van der Waals surface area contributed by atoms with Crippen LogP contribution in [0.25, 0.3) is 0 Å². The highest BCUT2D eigenvalue weighted by Crippen LogP contribution is 2.29. The molecule has 2 rings (SSSR count). The molecule has 4 nitrogen and oxygen atoms in total. The van der Waals surface area contributed by atoms with Crippen LogP contribution in [0.2, 0.25) is 0 Å². The topological polar surface area (TPSA) is 55.2 Å². The van der Waals surface area contributed by atoms with E-state index in [9.17, 15) is 14.5 Å². The molecule has 2 unspecified atom stereocenters. The van der Waals surface area contributed by atoms with Crippen molar-refractivity contribution in [3.8, 4) is 0 Å². The molecule has 1 aromatic carbocycles. The van der Waals surface area contributed by atoms with Gasteiger partial charge in [0.25, 0.3) is 0 Å². The third kappa shape index (κ3) is 3.93. The first-order valence-electron chi connectivity index (χ1n) is 6.88. The van der Waals surface area contributed by atoms with Gasteiger partial charge in [-0.25, -0.2) is 0 Å². The number of thioether (sulfide) groups is 1. The number of hydrogen-bond acceptors (Lipinski definition) is 4. The molecule has 0 amide bonds. The fraction of sp³-hybridized carbons (Fsp3) is 0.571. The van der Waals surface area contributed by atoms with Gasteiger partial charge in [-0.2, -0.15) is 16.2 Å². The molecule has 0 saturated heterocycles. The summed E-state index contributed by atoms with van der Waals surface area (Å²) < 4.78 is 13.5. The Balaban J connectivity index is 1.86. The van der Waals surface area contributed by atoms with Crippen molar-refractivity contribution in [3.63, 3.8) is 0 Å². The van der Waals surface area contributed by atoms with Gasteiger partial charge in [0.05, 0.1) is 4.92 Å². The van der Waals surface area contributed by atoms with E-state index in [0.717, 1.165) is 29.4 Å². The molecule has 1 saturated carbocycles. The molecule has 1 N–H and O–H groups in total. The van der Waals surface area contributed by atoms with Gasteiger partial charge in [0.1, 0.15) is 0 Å². The average molecular weight is 298 g/mol. The summed E-state index contributed by atoms with van der Waals surface area (Å²) in [7, 11) is 0. The zero-order valence-corrected chi connectivity index (χ0v) is 12.3. The van der Waals surface area contributed by atoms with Gasteiger partial charge in [0.2, 0.25) is 5.82 Å². The molecular formula is C14H19FN2O2S. The van der Waals surface area contributed by atoms with E-state index in [1.165, 1.54) is 18.6 Å². The summed E-state index contributed by atoms with van der Waals surface area (Å²) >= 11 is 2.00. The van der Waals surface area contributed by atoms with Gasteiger partial charge in [-0.3, -0.25) is 10.1 Å². The quantitative estimate of drug-likeness (QED) is 0.645. The molecule has 1 aliphatic carbocycles. The van der Waals surface area contributed by atoms with Gasteiger partial charge < -0.3 is 5.32 Å². The van der Waals surface area contributed by atoms with Crippen LogP contribution in [0, 0.1) is 15.9 Å². The fourth-order valence-electron chi connectivity index (χ4n) is 2.58. The van der Waals surface area contributed by atoms with Crippen molar-refractivity contribution in [2.75, 3.05) is 5.75 Å². The van der Waals surface area contributed by atoms with Crippen molar-refractivity contribution >= 4 is 17.4 Å². The van der Waals surface area contributed by atoms with E-state index in [0.29, 0.717) is 12.6 Å². The molecule has 0 spiro atoms. The zero-order chi connectivity index (χ0) is 14.5. The first-order valence-corrected chi connectivity index (χ1v) is 7.92. The number of nitro benzene ring substituents is 1. The summed E-state index contributed by atoms with van der Waals surface area (Å²) in [6.45, 7) is 2.73. The molecule has 6 heteroatoms. The van der Waals surface area contributed by atoms with Crippen molar-refractivity contribution in [1.82, 2.24) is 5.32 Å². The van der Waals surface area contributed by atoms with Crippen LogP contribution < -0.4 is 5.32 Å². The predicted octanol–water partition coefficient (Wildman–Crippen LogP) is 3.50. The molecule has 0 aliphatic heterocycles. The van der Waals surface area contributed by atoms with E-state index in [1.54, 1.807) is 6.07 Å². The molecule has 110 valence electrons. The fourth-order valence-corrected chi connectivity index (χ4v) is 3.73. The van der Waals surface area contributed by atoms with Crippen LogP contribution in [0.1, 0.15) is 31.7 Å². The standard InChI is InChI=1S/C14H19FN2O2S/c1-2-20-12-5-4-11(8-12)16-9-10-3-6-14(17(18)19)13(15)7-10/h3,6-7,11-12,16H,2,4-5,8-9H2,1H3. The van der Waals surface area contributed by atoms with E-state index in [1.807, 2.05) is 11.8 Å². The maximum atomic E-state index is 13.5.